The fourth-order valence-electron chi connectivity index (χ4n) is 1.35. The van der Waals surface area contributed by atoms with Gasteiger partial charge in [-0.1, -0.05) is 18.2 Å². The maximum Gasteiger partial charge on any atom is 0.417 e. The van der Waals surface area contributed by atoms with Crippen molar-refractivity contribution in [2.24, 2.45) is 0 Å². The molecule has 0 heterocycles. The number of Topliss-reactive ketones (excluding diaryl/α,β-unsaturated/α-hetero) is 1. The topological polar surface area (TPSA) is 26.3 Å². The monoisotopic (exact) mass is 246 g/mol. The molecule has 0 aliphatic carbocycles. The van der Waals surface area contributed by atoms with Crippen LogP contribution in [0.4, 0.5) is 13.2 Å². The molecule has 0 aliphatic rings. The Morgan fingerprint density at radius 3 is 2.18 bits per heavy atom. The van der Waals surface area contributed by atoms with Crippen molar-refractivity contribution in [3.8, 4) is 0 Å². The van der Waals surface area contributed by atoms with Crippen LogP contribution in [0, 0.1) is 0 Å². The van der Waals surface area contributed by atoms with E-state index in [2.05, 4.69) is 0 Å². The summed E-state index contributed by atoms with van der Waals surface area (Å²) in [6, 6.07) is 4.69. The van der Waals surface area contributed by atoms with Crippen molar-refractivity contribution >= 4 is 5.78 Å². The van der Waals surface area contributed by atoms with Crippen molar-refractivity contribution < 1.29 is 22.7 Å². The minimum atomic E-state index is -4.55. The number of ether oxygens (including phenoxy) is 1. The van der Waals surface area contributed by atoms with Gasteiger partial charge in [0.15, 0.2) is 5.78 Å². The Hall–Kier alpha value is -1.36. The lowest BCUT2D eigenvalue weighted by Crippen LogP contribution is -2.35. The van der Waals surface area contributed by atoms with E-state index < -0.39 is 23.1 Å². The van der Waals surface area contributed by atoms with Crippen LogP contribution in [-0.4, -0.2) is 18.5 Å². The van der Waals surface area contributed by atoms with Gasteiger partial charge in [-0.05, 0) is 19.9 Å². The number of carbonyl (C=O) groups is 1. The van der Waals surface area contributed by atoms with Gasteiger partial charge in [0, 0.05) is 12.7 Å². The maximum absolute atomic E-state index is 12.7. The molecule has 0 spiro atoms. The first-order chi connectivity index (χ1) is 7.70. The summed E-state index contributed by atoms with van der Waals surface area (Å²) in [7, 11) is 1.29. The van der Waals surface area contributed by atoms with Crippen LogP contribution in [0.25, 0.3) is 0 Å². The van der Waals surface area contributed by atoms with Crippen LogP contribution in [0.5, 0.6) is 0 Å². The highest BCUT2D eigenvalue weighted by molar-refractivity contribution is 6.03. The lowest BCUT2D eigenvalue weighted by atomic mass is 9.93. The van der Waals surface area contributed by atoms with Crippen molar-refractivity contribution in [3.63, 3.8) is 0 Å². The molecular weight excluding hydrogens is 233 g/mol. The molecule has 0 unspecified atom stereocenters. The fourth-order valence-corrected chi connectivity index (χ4v) is 1.35. The molecule has 0 aromatic heterocycles. The van der Waals surface area contributed by atoms with Crippen molar-refractivity contribution in [3.05, 3.63) is 35.4 Å². The Labute approximate surface area is 97.4 Å². The third-order valence-corrected chi connectivity index (χ3v) is 2.53. The number of ketones is 1. The molecule has 1 aromatic rings. The maximum atomic E-state index is 12.7. The smallest absolute Gasteiger partial charge is 0.371 e. The second kappa shape index (κ2) is 4.49. The summed E-state index contributed by atoms with van der Waals surface area (Å²) in [5.74, 6) is -0.687. The molecule has 0 aliphatic heterocycles. The zero-order valence-electron chi connectivity index (χ0n) is 9.76. The van der Waals surface area contributed by atoms with Crippen LogP contribution in [-0.2, 0) is 10.9 Å². The average molecular weight is 246 g/mol. The predicted molar refractivity (Wildman–Crippen MR) is 56.9 cm³/mol. The highest BCUT2D eigenvalue weighted by Crippen LogP contribution is 2.33. The van der Waals surface area contributed by atoms with E-state index in [1.165, 1.54) is 33.1 Å². The van der Waals surface area contributed by atoms with Gasteiger partial charge in [-0.3, -0.25) is 4.79 Å². The molecule has 0 amide bonds. The van der Waals surface area contributed by atoms with Gasteiger partial charge in [0.25, 0.3) is 0 Å². The number of hydrogen-bond acceptors (Lipinski definition) is 2. The lowest BCUT2D eigenvalue weighted by molar-refractivity contribution is -0.138. The Morgan fingerprint density at radius 2 is 1.71 bits per heavy atom. The molecule has 0 saturated heterocycles. The van der Waals surface area contributed by atoms with Gasteiger partial charge in [-0.2, -0.15) is 13.2 Å². The zero-order chi connectivity index (χ0) is 13.3. The summed E-state index contributed by atoms with van der Waals surface area (Å²) in [5, 5.41) is 0. The first-order valence-electron chi connectivity index (χ1n) is 4.96. The van der Waals surface area contributed by atoms with Crippen molar-refractivity contribution in [1.29, 1.82) is 0 Å². The number of rotatable bonds is 3. The summed E-state index contributed by atoms with van der Waals surface area (Å²) in [6.45, 7) is 2.87. The van der Waals surface area contributed by atoms with E-state index in [0.717, 1.165) is 12.1 Å². The lowest BCUT2D eigenvalue weighted by Gasteiger charge is -2.23. The van der Waals surface area contributed by atoms with E-state index in [0.29, 0.717) is 0 Å². The second-order valence-electron chi connectivity index (χ2n) is 4.09. The van der Waals surface area contributed by atoms with E-state index in [1.807, 2.05) is 0 Å². The van der Waals surface area contributed by atoms with Crippen molar-refractivity contribution in [2.45, 2.75) is 25.6 Å². The van der Waals surface area contributed by atoms with Gasteiger partial charge in [-0.25, -0.2) is 0 Å². The summed E-state index contributed by atoms with van der Waals surface area (Å²) in [6.07, 6.45) is -4.55. The SMILES string of the molecule is COC(C)(C)C(=O)c1ccccc1C(F)(F)F. The molecule has 0 N–H and O–H groups in total. The predicted octanol–water partition coefficient (Wildman–Crippen LogP) is 3.31. The number of carbonyl (C=O) groups excluding carboxylic acids is 1. The highest BCUT2D eigenvalue weighted by atomic mass is 19.4. The van der Waals surface area contributed by atoms with Gasteiger partial charge in [0.2, 0.25) is 0 Å². The van der Waals surface area contributed by atoms with Crippen LogP contribution in [0.1, 0.15) is 29.8 Å². The summed E-state index contributed by atoms with van der Waals surface area (Å²) < 4.78 is 43.0. The minimum Gasteiger partial charge on any atom is -0.371 e. The van der Waals surface area contributed by atoms with Crippen LogP contribution < -0.4 is 0 Å². The number of benzene rings is 1. The quantitative estimate of drug-likeness (QED) is 0.765. The molecule has 0 bridgehead atoms. The molecule has 5 heteroatoms. The van der Waals surface area contributed by atoms with E-state index in [-0.39, 0.29) is 5.56 Å². The Morgan fingerprint density at radius 1 is 1.18 bits per heavy atom. The van der Waals surface area contributed by atoms with E-state index in [1.54, 1.807) is 0 Å². The zero-order valence-corrected chi connectivity index (χ0v) is 9.76. The van der Waals surface area contributed by atoms with E-state index in [4.69, 9.17) is 4.74 Å². The third kappa shape index (κ3) is 2.85. The molecule has 1 aromatic carbocycles. The average Bonchev–Trinajstić information content (AvgIpc) is 2.27. The van der Waals surface area contributed by atoms with Crippen LogP contribution in [0.2, 0.25) is 0 Å². The van der Waals surface area contributed by atoms with Gasteiger partial charge < -0.3 is 4.74 Å². The fraction of sp³-hybridized carbons (Fsp3) is 0.417. The van der Waals surface area contributed by atoms with Gasteiger partial charge in [-0.15, -0.1) is 0 Å². The molecule has 2 nitrogen and oxygen atoms in total. The van der Waals surface area contributed by atoms with Crippen LogP contribution in [0.15, 0.2) is 24.3 Å². The Kier molecular flexibility index (Phi) is 3.62. The van der Waals surface area contributed by atoms with E-state index >= 15 is 0 Å². The largest absolute Gasteiger partial charge is 0.417 e. The second-order valence-corrected chi connectivity index (χ2v) is 4.09. The molecule has 0 radical (unpaired) electrons. The normalized spacial score (nSPS) is 12.6. The number of hydrogen-bond donors (Lipinski definition) is 0. The molecule has 17 heavy (non-hydrogen) atoms. The van der Waals surface area contributed by atoms with Gasteiger partial charge in [0.05, 0.1) is 5.56 Å². The molecule has 0 atom stereocenters. The molecule has 94 valence electrons. The first kappa shape index (κ1) is 13.7. The molecule has 0 saturated carbocycles. The van der Waals surface area contributed by atoms with Crippen LogP contribution >= 0.6 is 0 Å². The first-order valence-corrected chi connectivity index (χ1v) is 4.96. The van der Waals surface area contributed by atoms with Gasteiger partial charge >= 0.3 is 6.18 Å². The van der Waals surface area contributed by atoms with Gasteiger partial charge in [0.1, 0.15) is 5.60 Å². The summed E-state index contributed by atoms with van der Waals surface area (Å²) >= 11 is 0. The highest BCUT2D eigenvalue weighted by Gasteiger charge is 2.38. The van der Waals surface area contributed by atoms with Crippen LogP contribution in [0.3, 0.4) is 0 Å². The number of alkyl halides is 3. The van der Waals surface area contributed by atoms with Crippen molar-refractivity contribution in [1.82, 2.24) is 0 Å². The molecule has 1 rings (SSSR count). The summed E-state index contributed by atoms with van der Waals surface area (Å²) in [5.41, 5.74) is -2.58. The minimum absolute atomic E-state index is 0.369. The third-order valence-electron chi connectivity index (χ3n) is 2.53. The Balaban J connectivity index is 3.29. The van der Waals surface area contributed by atoms with Crippen molar-refractivity contribution in [2.75, 3.05) is 7.11 Å². The summed E-state index contributed by atoms with van der Waals surface area (Å²) in [4.78, 5) is 11.9. The molecular formula is C12H13F3O2. The Bertz CT molecular complexity index is 422. The van der Waals surface area contributed by atoms with E-state index in [9.17, 15) is 18.0 Å². The number of halogens is 3. The number of methoxy groups -OCH3 is 1. The standard InChI is InChI=1S/C12H13F3O2/c1-11(2,17-3)10(16)8-6-4-5-7-9(8)12(13,14)15/h4-7H,1-3H3. The molecule has 0 fully saturated rings.